The molecule has 8 heteroatoms. The molecule has 0 aromatic heterocycles. The van der Waals surface area contributed by atoms with Gasteiger partial charge in [0.15, 0.2) is 0 Å². The average Bonchev–Trinajstić information content (AvgIpc) is 2.51. The van der Waals surface area contributed by atoms with Crippen molar-refractivity contribution in [1.82, 2.24) is 5.32 Å². The number of carbonyl (C=O) groups excluding carboxylic acids is 2. The van der Waals surface area contributed by atoms with Gasteiger partial charge in [-0.1, -0.05) is 0 Å². The molecule has 132 valence electrons. The second-order valence-corrected chi connectivity index (χ2v) is 5.47. The lowest BCUT2D eigenvalue weighted by Gasteiger charge is -2.09. The zero-order valence-electron chi connectivity index (χ0n) is 13.9. The summed E-state index contributed by atoms with van der Waals surface area (Å²) in [5, 5.41) is 16.3. The molecular formula is C16H23N3O5. The van der Waals surface area contributed by atoms with Crippen LogP contribution in [0.25, 0.3) is 0 Å². The fourth-order valence-electron chi connectivity index (χ4n) is 1.90. The minimum absolute atomic E-state index is 0.0379. The van der Waals surface area contributed by atoms with E-state index in [1.807, 2.05) is 0 Å². The van der Waals surface area contributed by atoms with E-state index in [9.17, 15) is 19.7 Å². The minimum atomic E-state index is -0.453. The molecule has 2 N–H and O–H groups in total. The van der Waals surface area contributed by atoms with E-state index < -0.39 is 4.92 Å². The van der Waals surface area contributed by atoms with Crippen LogP contribution < -0.4 is 10.6 Å². The van der Waals surface area contributed by atoms with E-state index in [1.165, 1.54) is 12.1 Å². The number of nitro groups is 1. The summed E-state index contributed by atoms with van der Waals surface area (Å²) in [6.45, 7) is 4.38. The van der Waals surface area contributed by atoms with Crippen molar-refractivity contribution in [1.29, 1.82) is 0 Å². The van der Waals surface area contributed by atoms with Crippen LogP contribution in [-0.4, -0.2) is 36.0 Å². The highest BCUT2D eigenvalue weighted by molar-refractivity contribution is 5.77. The lowest BCUT2D eigenvalue weighted by molar-refractivity contribution is -0.384. The first kappa shape index (κ1) is 19.4. The number of rotatable bonds is 10. The zero-order valence-corrected chi connectivity index (χ0v) is 13.9. The molecule has 24 heavy (non-hydrogen) atoms. The van der Waals surface area contributed by atoms with Crippen LogP contribution in [-0.2, 0) is 14.3 Å². The van der Waals surface area contributed by atoms with Gasteiger partial charge in [-0.05, 0) is 32.4 Å². The molecule has 0 bridgehead atoms. The van der Waals surface area contributed by atoms with Gasteiger partial charge in [0.05, 0.1) is 17.4 Å². The predicted molar refractivity (Wildman–Crippen MR) is 89.7 cm³/mol. The maximum Gasteiger partial charge on any atom is 0.307 e. The van der Waals surface area contributed by atoms with Crippen LogP contribution in [0.5, 0.6) is 0 Å². The summed E-state index contributed by atoms with van der Waals surface area (Å²) in [5.74, 6) is -0.456. The predicted octanol–water partition coefficient (Wildman–Crippen LogP) is 2.24. The second kappa shape index (κ2) is 10.2. The van der Waals surface area contributed by atoms with E-state index in [2.05, 4.69) is 10.6 Å². The summed E-state index contributed by atoms with van der Waals surface area (Å²) in [4.78, 5) is 33.0. The Labute approximate surface area is 140 Å². The molecule has 0 unspecified atom stereocenters. The van der Waals surface area contributed by atoms with Gasteiger partial charge >= 0.3 is 5.97 Å². The van der Waals surface area contributed by atoms with Gasteiger partial charge in [-0.3, -0.25) is 19.7 Å². The number of hydrogen-bond donors (Lipinski definition) is 2. The normalized spacial score (nSPS) is 10.3. The van der Waals surface area contributed by atoms with Crippen LogP contribution in [0.15, 0.2) is 24.3 Å². The standard InChI is InChI=1S/C16H23N3O5/c1-12(2)24-16(21)9-11-18-15(20)4-3-10-17-13-5-7-14(8-6-13)19(22)23/h5-8,12,17H,3-4,9-11H2,1-2H3,(H,18,20). The first-order valence-electron chi connectivity index (χ1n) is 7.83. The van der Waals surface area contributed by atoms with Gasteiger partial charge in [0, 0.05) is 37.3 Å². The summed E-state index contributed by atoms with van der Waals surface area (Å²) in [6.07, 6.45) is 0.947. The molecule has 1 aromatic rings. The Morgan fingerprint density at radius 1 is 1.17 bits per heavy atom. The van der Waals surface area contributed by atoms with E-state index in [-0.39, 0.29) is 36.6 Å². The lowest BCUT2D eigenvalue weighted by atomic mass is 10.2. The third-order valence-electron chi connectivity index (χ3n) is 3.01. The third-order valence-corrected chi connectivity index (χ3v) is 3.01. The maximum atomic E-state index is 11.6. The molecule has 0 atom stereocenters. The fraction of sp³-hybridized carbons (Fsp3) is 0.500. The number of hydrogen-bond acceptors (Lipinski definition) is 6. The Kier molecular flexibility index (Phi) is 8.24. The van der Waals surface area contributed by atoms with Crippen molar-refractivity contribution in [2.75, 3.05) is 18.4 Å². The first-order valence-corrected chi connectivity index (χ1v) is 7.83. The number of benzene rings is 1. The number of non-ortho nitro benzene ring substituents is 1. The quantitative estimate of drug-likeness (QED) is 0.293. The molecule has 0 spiro atoms. The Bertz CT molecular complexity index is 557. The van der Waals surface area contributed by atoms with Crippen LogP contribution in [0, 0.1) is 10.1 Å². The van der Waals surface area contributed by atoms with Crippen molar-refractivity contribution in [2.24, 2.45) is 0 Å². The van der Waals surface area contributed by atoms with Crippen molar-refractivity contribution in [3.05, 3.63) is 34.4 Å². The molecule has 0 aliphatic heterocycles. The molecule has 1 aromatic carbocycles. The zero-order chi connectivity index (χ0) is 17.9. The van der Waals surface area contributed by atoms with Crippen LogP contribution in [0.3, 0.4) is 0 Å². The Morgan fingerprint density at radius 2 is 1.83 bits per heavy atom. The minimum Gasteiger partial charge on any atom is -0.463 e. The maximum absolute atomic E-state index is 11.6. The molecule has 0 heterocycles. The van der Waals surface area contributed by atoms with Gasteiger partial charge < -0.3 is 15.4 Å². The van der Waals surface area contributed by atoms with E-state index >= 15 is 0 Å². The topological polar surface area (TPSA) is 111 Å². The van der Waals surface area contributed by atoms with Crippen molar-refractivity contribution < 1.29 is 19.2 Å². The number of ether oxygens (including phenoxy) is 1. The van der Waals surface area contributed by atoms with Crippen molar-refractivity contribution >= 4 is 23.3 Å². The summed E-state index contributed by atoms with van der Waals surface area (Å²) >= 11 is 0. The largest absolute Gasteiger partial charge is 0.463 e. The fourth-order valence-corrected chi connectivity index (χ4v) is 1.90. The van der Waals surface area contributed by atoms with Crippen molar-refractivity contribution in [3.63, 3.8) is 0 Å². The Balaban J connectivity index is 2.13. The van der Waals surface area contributed by atoms with Crippen LogP contribution in [0.1, 0.15) is 33.1 Å². The summed E-state index contributed by atoms with van der Waals surface area (Å²) < 4.78 is 4.96. The second-order valence-electron chi connectivity index (χ2n) is 5.47. The highest BCUT2D eigenvalue weighted by Gasteiger charge is 2.07. The van der Waals surface area contributed by atoms with E-state index in [0.29, 0.717) is 19.4 Å². The van der Waals surface area contributed by atoms with Gasteiger partial charge in [-0.2, -0.15) is 0 Å². The smallest absolute Gasteiger partial charge is 0.307 e. The Hall–Kier alpha value is -2.64. The number of nitro benzene ring substituents is 1. The highest BCUT2D eigenvalue weighted by Crippen LogP contribution is 2.15. The first-order chi connectivity index (χ1) is 11.4. The molecule has 0 saturated heterocycles. The van der Waals surface area contributed by atoms with Crippen molar-refractivity contribution in [3.8, 4) is 0 Å². The number of anilines is 1. The molecule has 0 aliphatic rings. The number of nitrogens with one attached hydrogen (secondary N) is 2. The monoisotopic (exact) mass is 337 g/mol. The molecule has 1 amide bonds. The summed E-state index contributed by atoms with van der Waals surface area (Å²) in [5.41, 5.74) is 0.799. The van der Waals surface area contributed by atoms with E-state index in [4.69, 9.17) is 4.74 Å². The number of esters is 1. The molecule has 0 aliphatic carbocycles. The van der Waals surface area contributed by atoms with Crippen LogP contribution in [0.2, 0.25) is 0 Å². The van der Waals surface area contributed by atoms with E-state index in [0.717, 1.165) is 5.69 Å². The van der Waals surface area contributed by atoms with Gasteiger partial charge in [0.1, 0.15) is 0 Å². The Morgan fingerprint density at radius 3 is 2.42 bits per heavy atom. The van der Waals surface area contributed by atoms with Gasteiger partial charge in [0.2, 0.25) is 5.91 Å². The number of carbonyl (C=O) groups is 2. The van der Waals surface area contributed by atoms with Gasteiger partial charge in [-0.15, -0.1) is 0 Å². The molecule has 0 fully saturated rings. The van der Waals surface area contributed by atoms with Crippen LogP contribution >= 0.6 is 0 Å². The molecule has 0 saturated carbocycles. The lowest BCUT2D eigenvalue weighted by Crippen LogP contribution is -2.27. The molecule has 1 rings (SSSR count). The highest BCUT2D eigenvalue weighted by atomic mass is 16.6. The molecule has 8 nitrogen and oxygen atoms in total. The van der Waals surface area contributed by atoms with Gasteiger partial charge in [-0.25, -0.2) is 0 Å². The summed E-state index contributed by atoms with van der Waals surface area (Å²) in [6, 6.07) is 6.09. The van der Waals surface area contributed by atoms with Crippen LogP contribution in [0.4, 0.5) is 11.4 Å². The number of amides is 1. The third kappa shape index (κ3) is 8.11. The molecular weight excluding hydrogens is 314 g/mol. The molecule has 0 radical (unpaired) electrons. The average molecular weight is 337 g/mol. The van der Waals surface area contributed by atoms with Gasteiger partial charge in [0.25, 0.3) is 5.69 Å². The van der Waals surface area contributed by atoms with E-state index in [1.54, 1.807) is 26.0 Å². The SMILES string of the molecule is CC(C)OC(=O)CCNC(=O)CCCNc1ccc([N+](=O)[O-])cc1. The van der Waals surface area contributed by atoms with Crippen molar-refractivity contribution in [2.45, 2.75) is 39.2 Å². The number of nitrogens with zero attached hydrogens (tertiary/aromatic N) is 1. The summed E-state index contributed by atoms with van der Waals surface area (Å²) in [7, 11) is 0.